The third-order valence-corrected chi connectivity index (χ3v) is 1.48. The van der Waals surface area contributed by atoms with E-state index in [4.69, 9.17) is 0 Å². The first-order valence-corrected chi connectivity index (χ1v) is 3.06. The molecule has 0 aliphatic heterocycles. The molecule has 1 aromatic carbocycles. The van der Waals surface area contributed by atoms with Crippen LogP contribution in [0.5, 0.6) is 0 Å². The van der Waals surface area contributed by atoms with Crippen molar-refractivity contribution in [1.29, 1.82) is 0 Å². The lowest BCUT2D eigenvalue weighted by atomic mass is 10.3. The molecule has 0 aliphatic carbocycles. The van der Waals surface area contributed by atoms with Crippen molar-refractivity contribution in [2.75, 3.05) is 0 Å². The maximum Gasteiger partial charge on any atom is 0.186 e. The largest absolute Gasteiger partial charge is 0.345 e. The number of nitrogens with zero attached hydrogens (tertiary/aromatic N) is 1. The fourth-order valence-corrected chi connectivity index (χ4v) is 0.949. The van der Waals surface area contributed by atoms with Gasteiger partial charge in [-0.25, -0.2) is 13.8 Å². The number of benzene rings is 1. The van der Waals surface area contributed by atoms with Crippen LogP contribution >= 0.6 is 0 Å². The zero-order valence-electron chi connectivity index (χ0n) is 5.44. The summed E-state index contributed by atoms with van der Waals surface area (Å²) >= 11 is 0. The molecule has 0 spiro atoms. The minimum Gasteiger partial charge on any atom is -0.345 e. The molecule has 0 radical (unpaired) electrons. The quantitative estimate of drug-likeness (QED) is 0.616. The van der Waals surface area contributed by atoms with Gasteiger partial charge in [0, 0.05) is 0 Å². The highest BCUT2D eigenvalue weighted by Crippen LogP contribution is 2.15. The van der Waals surface area contributed by atoms with Gasteiger partial charge in [0.1, 0.15) is 5.52 Å². The van der Waals surface area contributed by atoms with Crippen LogP contribution in [-0.2, 0) is 0 Å². The van der Waals surface area contributed by atoms with Gasteiger partial charge in [-0.1, -0.05) is 0 Å². The van der Waals surface area contributed by atoms with Crippen LogP contribution in [0.1, 0.15) is 0 Å². The number of hydrogen-bond acceptors (Lipinski definition) is 1. The van der Waals surface area contributed by atoms with Gasteiger partial charge in [0.15, 0.2) is 11.6 Å². The number of nitrogens with one attached hydrogen (secondary N) is 1. The highest BCUT2D eigenvalue weighted by Gasteiger charge is 2.07. The molecule has 1 heterocycles. The van der Waals surface area contributed by atoms with E-state index in [0.29, 0.717) is 5.52 Å². The third-order valence-electron chi connectivity index (χ3n) is 1.48. The van der Waals surface area contributed by atoms with Crippen LogP contribution in [0.4, 0.5) is 8.78 Å². The third kappa shape index (κ3) is 0.790. The maximum absolute atomic E-state index is 12.8. The van der Waals surface area contributed by atoms with Crippen LogP contribution in [-0.4, -0.2) is 9.97 Å². The lowest BCUT2D eigenvalue weighted by Gasteiger charge is -1.91. The van der Waals surface area contributed by atoms with E-state index in [9.17, 15) is 8.78 Å². The van der Waals surface area contributed by atoms with Crippen LogP contribution in [0.3, 0.4) is 0 Å². The fraction of sp³-hybridized carbons (Fsp3) is 0. The minimum absolute atomic E-state index is 0.0463. The Bertz CT molecular complexity index is 394. The smallest absolute Gasteiger partial charge is 0.186 e. The van der Waals surface area contributed by atoms with Crippen molar-refractivity contribution in [2.45, 2.75) is 0 Å². The fourth-order valence-electron chi connectivity index (χ4n) is 0.949. The normalized spacial score (nSPS) is 10.7. The summed E-state index contributed by atoms with van der Waals surface area (Å²) in [7, 11) is 0. The average molecular weight is 154 g/mol. The molecule has 2 nitrogen and oxygen atoms in total. The van der Waals surface area contributed by atoms with Gasteiger partial charge in [-0.3, -0.25) is 0 Å². The minimum atomic E-state index is -0.899. The lowest BCUT2D eigenvalue weighted by Crippen LogP contribution is -1.84. The molecule has 2 aromatic rings. The standard InChI is InChI=1S/C7H4F2N2/c8-4-1-2-5-7(6(4)9)11-3-10-5/h1-3H,(H,10,11). The molecule has 4 heteroatoms. The van der Waals surface area contributed by atoms with Gasteiger partial charge in [-0.05, 0) is 12.1 Å². The molecule has 1 aromatic heterocycles. The molecule has 56 valence electrons. The van der Waals surface area contributed by atoms with E-state index in [0.717, 1.165) is 6.07 Å². The van der Waals surface area contributed by atoms with E-state index in [1.807, 2.05) is 0 Å². The highest BCUT2D eigenvalue weighted by molar-refractivity contribution is 5.74. The zero-order chi connectivity index (χ0) is 7.84. The van der Waals surface area contributed by atoms with Crippen LogP contribution in [0, 0.1) is 11.6 Å². The molecule has 0 unspecified atom stereocenters. The van der Waals surface area contributed by atoms with E-state index in [-0.39, 0.29) is 5.52 Å². The maximum atomic E-state index is 12.8. The van der Waals surface area contributed by atoms with Gasteiger partial charge in [0.05, 0.1) is 11.8 Å². The summed E-state index contributed by atoms with van der Waals surface area (Å²) in [5.41, 5.74) is 0.550. The Morgan fingerprint density at radius 1 is 1.27 bits per heavy atom. The Balaban J connectivity index is 2.93. The summed E-state index contributed by atoms with van der Waals surface area (Å²) in [6.45, 7) is 0. The molecule has 0 saturated heterocycles. The summed E-state index contributed by atoms with van der Waals surface area (Å²) in [6, 6.07) is 2.51. The van der Waals surface area contributed by atoms with Gasteiger partial charge in [0.2, 0.25) is 0 Å². The predicted octanol–water partition coefficient (Wildman–Crippen LogP) is 1.84. The molecule has 0 atom stereocenters. The van der Waals surface area contributed by atoms with E-state index in [1.54, 1.807) is 0 Å². The number of H-pyrrole nitrogens is 1. The first kappa shape index (κ1) is 6.27. The number of halogens is 2. The van der Waals surface area contributed by atoms with E-state index < -0.39 is 11.6 Å². The van der Waals surface area contributed by atoms with Crippen LogP contribution in [0.15, 0.2) is 18.5 Å². The second kappa shape index (κ2) is 2.02. The molecule has 1 N–H and O–H groups in total. The second-order valence-electron chi connectivity index (χ2n) is 2.16. The predicted molar refractivity (Wildman–Crippen MR) is 36.0 cm³/mol. The van der Waals surface area contributed by atoms with Crippen molar-refractivity contribution in [3.8, 4) is 0 Å². The first-order chi connectivity index (χ1) is 5.29. The van der Waals surface area contributed by atoms with Crippen molar-refractivity contribution in [1.82, 2.24) is 9.97 Å². The van der Waals surface area contributed by atoms with Crippen molar-refractivity contribution >= 4 is 11.0 Å². The SMILES string of the molecule is Fc1ccc2[nH]cnc2c1F. The Morgan fingerprint density at radius 2 is 2.09 bits per heavy atom. The Morgan fingerprint density at radius 3 is 2.91 bits per heavy atom. The van der Waals surface area contributed by atoms with Crippen molar-refractivity contribution in [2.24, 2.45) is 0 Å². The molecule has 2 rings (SSSR count). The number of aromatic nitrogens is 2. The zero-order valence-corrected chi connectivity index (χ0v) is 5.44. The molecular weight excluding hydrogens is 150 g/mol. The van der Waals surface area contributed by atoms with E-state index in [2.05, 4.69) is 9.97 Å². The van der Waals surface area contributed by atoms with Gasteiger partial charge < -0.3 is 4.98 Å². The van der Waals surface area contributed by atoms with Crippen LogP contribution < -0.4 is 0 Å². The van der Waals surface area contributed by atoms with Gasteiger partial charge in [0.25, 0.3) is 0 Å². The van der Waals surface area contributed by atoms with E-state index in [1.165, 1.54) is 12.4 Å². The number of rotatable bonds is 0. The number of aromatic amines is 1. The summed E-state index contributed by atoms with van der Waals surface area (Å²) in [5, 5.41) is 0. The number of fused-ring (bicyclic) bond motifs is 1. The molecule has 0 amide bonds. The average Bonchev–Trinajstić information content (AvgIpc) is 2.45. The number of imidazole rings is 1. The van der Waals surface area contributed by atoms with Crippen molar-refractivity contribution < 1.29 is 8.78 Å². The summed E-state index contributed by atoms with van der Waals surface area (Å²) < 4.78 is 25.3. The molecule has 0 bridgehead atoms. The monoisotopic (exact) mass is 154 g/mol. The van der Waals surface area contributed by atoms with Crippen LogP contribution in [0.25, 0.3) is 11.0 Å². The Kier molecular flexibility index (Phi) is 1.15. The second-order valence-corrected chi connectivity index (χ2v) is 2.16. The van der Waals surface area contributed by atoms with Gasteiger partial charge in [-0.2, -0.15) is 0 Å². The summed E-state index contributed by atoms with van der Waals surface area (Å²) in [4.78, 5) is 6.28. The van der Waals surface area contributed by atoms with Gasteiger partial charge in [-0.15, -0.1) is 0 Å². The van der Waals surface area contributed by atoms with E-state index >= 15 is 0 Å². The molecule has 0 aliphatic rings. The van der Waals surface area contributed by atoms with Gasteiger partial charge >= 0.3 is 0 Å². The summed E-state index contributed by atoms with van der Waals surface area (Å²) in [5.74, 6) is -1.77. The van der Waals surface area contributed by atoms with Crippen LogP contribution in [0.2, 0.25) is 0 Å². The highest BCUT2D eigenvalue weighted by atomic mass is 19.2. The lowest BCUT2D eigenvalue weighted by molar-refractivity contribution is 0.515. The Hall–Kier alpha value is -1.45. The number of hydrogen-bond donors (Lipinski definition) is 1. The molecule has 0 saturated carbocycles. The first-order valence-electron chi connectivity index (χ1n) is 3.06. The van der Waals surface area contributed by atoms with Crippen molar-refractivity contribution in [3.63, 3.8) is 0 Å². The molecular formula is C7H4F2N2. The molecule has 0 fully saturated rings. The summed E-state index contributed by atoms with van der Waals surface area (Å²) in [6.07, 6.45) is 1.33. The van der Waals surface area contributed by atoms with Crippen molar-refractivity contribution in [3.05, 3.63) is 30.1 Å². The Labute approximate surface area is 60.9 Å². The molecule has 11 heavy (non-hydrogen) atoms. The topological polar surface area (TPSA) is 28.7 Å².